The second-order valence-corrected chi connectivity index (χ2v) is 5.51. The van der Waals surface area contributed by atoms with Gasteiger partial charge < -0.3 is 10.1 Å². The average molecular weight is 301 g/mol. The molecule has 1 atom stereocenters. The van der Waals surface area contributed by atoms with E-state index in [9.17, 15) is 13.2 Å². The standard InChI is InChI=1S/C16H22F3NO/c1-2-20-14(12-7-3-4-8-12)11-21-15-10-6-5-9-13(15)16(17,18)19/h5-6,9-10,12,14,20H,2-4,7-8,11H2,1H3. The zero-order valence-corrected chi connectivity index (χ0v) is 12.2. The number of hydrogen-bond donors (Lipinski definition) is 1. The molecule has 5 heteroatoms. The minimum Gasteiger partial charge on any atom is -0.491 e. The molecule has 1 aliphatic carbocycles. The maximum Gasteiger partial charge on any atom is 0.419 e. The van der Waals surface area contributed by atoms with Crippen LogP contribution in [0.25, 0.3) is 0 Å². The van der Waals surface area contributed by atoms with Crippen LogP contribution in [0.5, 0.6) is 5.75 Å². The van der Waals surface area contributed by atoms with Crippen LogP contribution in [0.4, 0.5) is 13.2 Å². The number of rotatable bonds is 6. The fourth-order valence-electron chi connectivity index (χ4n) is 2.99. The van der Waals surface area contributed by atoms with Crippen LogP contribution in [0.2, 0.25) is 0 Å². The molecule has 0 spiro atoms. The molecule has 2 nitrogen and oxygen atoms in total. The van der Waals surface area contributed by atoms with Gasteiger partial charge in [-0.25, -0.2) is 0 Å². The van der Waals surface area contributed by atoms with Gasteiger partial charge in [0, 0.05) is 6.04 Å². The molecule has 21 heavy (non-hydrogen) atoms. The summed E-state index contributed by atoms with van der Waals surface area (Å²) in [6.07, 6.45) is 0.277. The molecule has 1 N–H and O–H groups in total. The summed E-state index contributed by atoms with van der Waals surface area (Å²) in [5, 5.41) is 3.35. The molecule has 0 aromatic heterocycles. The highest BCUT2D eigenvalue weighted by Crippen LogP contribution is 2.36. The number of halogens is 3. The van der Waals surface area contributed by atoms with Gasteiger partial charge in [-0.3, -0.25) is 0 Å². The highest BCUT2D eigenvalue weighted by molar-refractivity contribution is 5.35. The SMILES string of the molecule is CCNC(COc1ccccc1C(F)(F)F)C1CCCC1. The van der Waals surface area contributed by atoms with Crippen molar-refractivity contribution < 1.29 is 17.9 Å². The molecular formula is C16H22F3NO. The molecule has 1 aliphatic rings. The molecule has 1 fully saturated rings. The van der Waals surface area contributed by atoms with Gasteiger partial charge in [-0.15, -0.1) is 0 Å². The van der Waals surface area contributed by atoms with Crippen molar-refractivity contribution in [1.82, 2.24) is 5.32 Å². The van der Waals surface area contributed by atoms with Crippen molar-refractivity contribution in [3.05, 3.63) is 29.8 Å². The monoisotopic (exact) mass is 301 g/mol. The number of hydrogen-bond acceptors (Lipinski definition) is 2. The lowest BCUT2D eigenvalue weighted by Gasteiger charge is -2.25. The minimum absolute atomic E-state index is 0.0779. The van der Waals surface area contributed by atoms with E-state index >= 15 is 0 Å². The van der Waals surface area contributed by atoms with Crippen molar-refractivity contribution in [2.24, 2.45) is 5.92 Å². The summed E-state index contributed by atoms with van der Waals surface area (Å²) < 4.78 is 44.3. The lowest BCUT2D eigenvalue weighted by atomic mass is 9.99. The molecule has 0 aliphatic heterocycles. The van der Waals surface area contributed by atoms with Gasteiger partial charge in [-0.05, 0) is 37.4 Å². The molecule has 0 bridgehead atoms. The maximum absolute atomic E-state index is 12.9. The van der Waals surface area contributed by atoms with Crippen LogP contribution in [-0.4, -0.2) is 19.2 Å². The zero-order chi connectivity index (χ0) is 15.3. The predicted molar refractivity (Wildman–Crippen MR) is 76.4 cm³/mol. The van der Waals surface area contributed by atoms with E-state index in [-0.39, 0.29) is 18.4 Å². The maximum atomic E-state index is 12.9. The Morgan fingerprint density at radius 3 is 2.52 bits per heavy atom. The molecule has 0 amide bonds. The van der Waals surface area contributed by atoms with Crippen molar-refractivity contribution in [2.75, 3.05) is 13.2 Å². The van der Waals surface area contributed by atoms with E-state index in [2.05, 4.69) is 5.32 Å². The molecule has 1 unspecified atom stereocenters. The summed E-state index contributed by atoms with van der Waals surface area (Å²) in [5.41, 5.74) is -0.702. The Morgan fingerprint density at radius 2 is 1.90 bits per heavy atom. The van der Waals surface area contributed by atoms with E-state index in [0.29, 0.717) is 5.92 Å². The van der Waals surface area contributed by atoms with Crippen molar-refractivity contribution in [3.63, 3.8) is 0 Å². The van der Waals surface area contributed by atoms with Gasteiger partial charge in [0.2, 0.25) is 0 Å². The van der Waals surface area contributed by atoms with Gasteiger partial charge in [-0.1, -0.05) is 31.9 Å². The van der Waals surface area contributed by atoms with E-state index in [4.69, 9.17) is 4.74 Å². The van der Waals surface area contributed by atoms with Crippen LogP contribution in [0.1, 0.15) is 38.2 Å². The largest absolute Gasteiger partial charge is 0.491 e. The van der Waals surface area contributed by atoms with Crippen LogP contribution >= 0.6 is 0 Å². The van der Waals surface area contributed by atoms with Crippen LogP contribution in [0, 0.1) is 5.92 Å². The second kappa shape index (κ2) is 7.16. The summed E-state index contributed by atoms with van der Waals surface area (Å²) in [4.78, 5) is 0. The summed E-state index contributed by atoms with van der Waals surface area (Å²) in [5.74, 6) is 0.425. The number of para-hydroxylation sites is 1. The van der Waals surface area contributed by atoms with Crippen LogP contribution in [0.15, 0.2) is 24.3 Å². The first-order valence-corrected chi connectivity index (χ1v) is 7.54. The number of nitrogens with one attached hydrogen (secondary N) is 1. The summed E-state index contributed by atoms with van der Waals surface area (Å²) in [6, 6.07) is 5.53. The van der Waals surface area contributed by atoms with Gasteiger partial charge in [0.15, 0.2) is 0 Å². The molecule has 0 saturated heterocycles. The lowest BCUT2D eigenvalue weighted by Crippen LogP contribution is -2.40. The van der Waals surface area contributed by atoms with Gasteiger partial charge in [0.1, 0.15) is 12.4 Å². The van der Waals surface area contributed by atoms with Gasteiger partial charge >= 0.3 is 6.18 Å². The third kappa shape index (κ3) is 4.37. The summed E-state index contributed by atoms with van der Waals surface area (Å²) in [6.45, 7) is 3.09. The molecule has 0 radical (unpaired) electrons. The fourth-order valence-corrected chi connectivity index (χ4v) is 2.99. The van der Waals surface area contributed by atoms with Gasteiger partial charge in [0.25, 0.3) is 0 Å². The smallest absolute Gasteiger partial charge is 0.419 e. The molecular weight excluding hydrogens is 279 g/mol. The van der Waals surface area contributed by atoms with Crippen LogP contribution in [0.3, 0.4) is 0 Å². The van der Waals surface area contributed by atoms with Crippen molar-refractivity contribution >= 4 is 0 Å². The predicted octanol–water partition coefficient (Wildman–Crippen LogP) is 4.25. The number of ether oxygens (including phenoxy) is 1. The number of likely N-dealkylation sites (N-methyl/N-ethyl adjacent to an activating group) is 1. The first-order chi connectivity index (χ1) is 10.0. The molecule has 0 heterocycles. The van der Waals surface area contributed by atoms with E-state index in [0.717, 1.165) is 25.5 Å². The van der Waals surface area contributed by atoms with E-state index in [1.54, 1.807) is 6.07 Å². The highest BCUT2D eigenvalue weighted by Gasteiger charge is 2.34. The Labute approximate surface area is 123 Å². The Bertz CT molecular complexity index is 441. The normalized spacial score (nSPS) is 17.9. The molecule has 1 saturated carbocycles. The lowest BCUT2D eigenvalue weighted by molar-refractivity contribution is -0.139. The number of alkyl halides is 3. The van der Waals surface area contributed by atoms with Gasteiger partial charge in [0.05, 0.1) is 5.56 Å². The van der Waals surface area contributed by atoms with Gasteiger partial charge in [-0.2, -0.15) is 13.2 Å². The quantitative estimate of drug-likeness (QED) is 0.848. The topological polar surface area (TPSA) is 21.3 Å². The average Bonchev–Trinajstić information content (AvgIpc) is 2.97. The second-order valence-electron chi connectivity index (χ2n) is 5.51. The molecule has 1 aromatic carbocycles. The first-order valence-electron chi connectivity index (χ1n) is 7.54. The van der Waals surface area contributed by atoms with Crippen LogP contribution < -0.4 is 10.1 Å². The van der Waals surface area contributed by atoms with Crippen molar-refractivity contribution in [1.29, 1.82) is 0 Å². The first kappa shape index (κ1) is 16.1. The zero-order valence-electron chi connectivity index (χ0n) is 12.2. The number of benzene rings is 1. The molecule has 1 aromatic rings. The van der Waals surface area contributed by atoms with Crippen molar-refractivity contribution in [2.45, 2.75) is 44.8 Å². The van der Waals surface area contributed by atoms with Crippen molar-refractivity contribution in [3.8, 4) is 5.75 Å². The summed E-state index contributed by atoms with van der Waals surface area (Å²) >= 11 is 0. The van der Waals surface area contributed by atoms with Crippen LogP contribution in [-0.2, 0) is 6.18 Å². The highest BCUT2D eigenvalue weighted by atomic mass is 19.4. The minimum atomic E-state index is -4.38. The fraction of sp³-hybridized carbons (Fsp3) is 0.625. The van der Waals surface area contributed by atoms with E-state index in [1.165, 1.54) is 25.0 Å². The molecule has 118 valence electrons. The Balaban J connectivity index is 2.03. The summed E-state index contributed by atoms with van der Waals surface area (Å²) in [7, 11) is 0. The third-order valence-electron chi connectivity index (χ3n) is 4.05. The Hall–Kier alpha value is -1.23. The van der Waals surface area contributed by atoms with E-state index < -0.39 is 11.7 Å². The third-order valence-corrected chi connectivity index (χ3v) is 4.05. The molecule has 2 rings (SSSR count). The Morgan fingerprint density at radius 1 is 1.24 bits per heavy atom. The Kier molecular flexibility index (Phi) is 5.51. The van der Waals surface area contributed by atoms with E-state index in [1.807, 2.05) is 6.92 Å².